The molecule has 0 amide bonds. The summed E-state index contributed by atoms with van der Waals surface area (Å²) in [5, 5.41) is 0. The third-order valence-corrected chi connectivity index (χ3v) is 5.54. The van der Waals surface area contributed by atoms with E-state index in [9.17, 15) is 4.79 Å². The summed E-state index contributed by atoms with van der Waals surface area (Å²) in [5.41, 5.74) is 4.53. The molecule has 2 heterocycles. The van der Waals surface area contributed by atoms with Gasteiger partial charge in [0, 0.05) is 29.9 Å². The molecule has 3 nitrogen and oxygen atoms in total. The van der Waals surface area contributed by atoms with Gasteiger partial charge in [-0.05, 0) is 31.8 Å². The molecule has 1 spiro atoms. The summed E-state index contributed by atoms with van der Waals surface area (Å²) in [4.78, 5) is 16.1. The first-order chi connectivity index (χ1) is 10.9. The van der Waals surface area contributed by atoms with E-state index in [4.69, 9.17) is 0 Å². The monoisotopic (exact) mass is 310 g/mol. The Morgan fingerprint density at radius 3 is 2.61 bits per heavy atom. The summed E-state index contributed by atoms with van der Waals surface area (Å²) in [6.45, 7) is 20.0. The van der Waals surface area contributed by atoms with Crippen molar-refractivity contribution in [2.75, 3.05) is 6.54 Å². The van der Waals surface area contributed by atoms with Gasteiger partial charge in [-0.3, -0.25) is 4.79 Å². The Labute approximate surface area is 139 Å². The van der Waals surface area contributed by atoms with Gasteiger partial charge in [0.2, 0.25) is 0 Å². The minimum atomic E-state index is 0.152. The molecule has 0 aromatic heterocycles. The highest BCUT2D eigenvalue weighted by molar-refractivity contribution is 5.85. The number of fused-ring (bicyclic) bond motifs is 1. The maximum Gasteiger partial charge on any atom is 0.152 e. The number of piperazine rings is 1. The number of aldehydes is 1. The van der Waals surface area contributed by atoms with Gasteiger partial charge in [-0.15, -0.1) is 0 Å². The van der Waals surface area contributed by atoms with Crippen molar-refractivity contribution in [3.63, 3.8) is 0 Å². The predicted molar refractivity (Wildman–Crippen MR) is 94.5 cm³/mol. The van der Waals surface area contributed by atoms with Gasteiger partial charge >= 0.3 is 0 Å². The molecule has 3 aliphatic rings. The first-order valence-corrected chi connectivity index (χ1v) is 8.39. The maximum atomic E-state index is 11.4. The van der Waals surface area contributed by atoms with E-state index >= 15 is 0 Å². The second-order valence-corrected chi connectivity index (χ2v) is 7.10. The fraction of sp³-hybridized carbons (Fsp3) is 0.450. The Bertz CT molecular complexity index is 667. The second kappa shape index (κ2) is 5.26. The van der Waals surface area contributed by atoms with E-state index < -0.39 is 0 Å². The summed E-state index contributed by atoms with van der Waals surface area (Å²) >= 11 is 0. The molecule has 1 saturated heterocycles. The lowest BCUT2D eigenvalue weighted by Gasteiger charge is -2.50. The van der Waals surface area contributed by atoms with Crippen molar-refractivity contribution < 1.29 is 4.79 Å². The van der Waals surface area contributed by atoms with Crippen molar-refractivity contribution in [1.82, 2.24) is 9.80 Å². The van der Waals surface area contributed by atoms with Crippen molar-refractivity contribution >= 4 is 6.29 Å². The van der Waals surface area contributed by atoms with Gasteiger partial charge in [0.25, 0.3) is 0 Å². The standard InChI is InChI=1S/C20H26N2O/c1-7-17-9-20(17)12-21-10-16(11-23)14(5)18(8-2)19(21)15(6)22(20)13(3)4/h8,10-11,13,17H,2,5-7,9,12H2,1,3-4H3. The molecule has 0 radical (unpaired) electrons. The first kappa shape index (κ1) is 15.9. The van der Waals surface area contributed by atoms with Crippen molar-refractivity contribution in [2.24, 2.45) is 5.92 Å². The Kier molecular flexibility index (Phi) is 3.62. The van der Waals surface area contributed by atoms with Crippen LogP contribution in [0.25, 0.3) is 0 Å². The van der Waals surface area contributed by atoms with Crippen molar-refractivity contribution in [1.29, 1.82) is 0 Å². The van der Waals surface area contributed by atoms with Crippen LogP contribution in [0.15, 0.2) is 60.1 Å². The summed E-state index contributed by atoms with van der Waals surface area (Å²) in [6, 6.07) is 0.393. The number of hydrogen-bond acceptors (Lipinski definition) is 3. The average molecular weight is 310 g/mol. The van der Waals surface area contributed by atoms with Crippen molar-refractivity contribution in [3.05, 3.63) is 60.1 Å². The first-order valence-electron chi connectivity index (χ1n) is 8.39. The maximum absolute atomic E-state index is 11.4. The highest BCUT2D eigenvalue weighted by atomic mass is 16.1. The van der Waals surface area contributed by atoms with E-state index in [2.05, 4.69) is 50.3 Å². The fourth-order valence-electron chi connectivity index (χ4n) is 4.49. The molecule has 2 aliphatic heterocycles. The van der Waals surface area contributed by atoms with Gasteiger partial charge in [0.15, 0.2) is 6.29 Å². The SMILES string of the molecule is C=CC1=C2C(=C)N(C(C)C)C3(CC3CC)CN2C=C(C=O)C1=C. The molecule has 122 valence electrons. The molecular weight excluding hydrogens is 284 g/mol. The van der Waals surface area contributed by atoms with Crippen LogP contribution in [0.4, 0.5) is 0 Å². The normalized spacial score (nSPS) is 29.9. The molecule has 0 aromatic rings. The largest absolute Gasteiger partial charge is 0.360 e. The van der Waals surface area contributed by atoms with E-state index in [1.54, 1.807) is 6.08 Å². The van der Waals surface area contributed by atoms with Crippen LogP contribution in [0.3, 0.4) is 0 Å². The highest BCUT2D eigenvalue weighted by Crippen LogP contribution is 2.57. The third kappa shape index (κ3) is 2.06. The Hall–Kier alpha value is -2.03. The van der Waals surface area contributed by atoms with E-state index in [1.165, 1.54) is 12.8 Å². The minimum Gasteiger partial charge on any atom is -0.360 e. The molecule has 2 unspecified atom stereocenters. The van der Waals surface area contributed by atoms with Crippen LogP contribution in [-0.2, 0) is 4.79 Å². The number of nitrogens with zero attached hydrogens (tertiary/aromatic N) is 2. The van der Waals surface area contributed by atoms with E-state index in [1.807, 2.05) is 6.20 Å². The van der Waals surface area contributed by atoms with Gasteiger partial charge in [0.1, 0.15) is 0 Å². The number of rotatable bonds is 4. The van der Waals surface area contributed by atoms with Crippen LogP contribution in [0.2, 0.25) is 0 Å². The van der Waals surface area contributed by atoms with Gasteiger partial charge in [0.05, 0.1) is 16.9 Å². The zero-order valence-electron chi connectivity index (χ0n) is 14.4. The van der Waals surface area contributed by atoms with Crippen molar-refractivity contribution in [2.45, 2.75) is 45.2 Å². The molecule has 23 heavy (non-hydrogen) atoms. The average Bonchev–Trinajstić information content (AvgIpc) is 3.19. The molecule has 3 heteroatoms. The molecule has 0 N–H and O–H groups in total. The Morgan fingerprint density at radius 2 is 2.13 bits per heavy atom. The van der Waals surface area contributed by atoms with Crippen LogP contribution in [0, 0.1) is 5.92 Å². The van der Waals surface area contributed by atoms with Gasteiger partial charge in [-0.2, -0.15) is 0 Å². The number of carbonyl (C=O) groups is 1. The summed E-state index contributed by atoms with van der Waals surface area (Å²) in [5.74, 6) is 0.689. The van der Waals surface area contributed by atoms with Crippen LogP contribution in [0.5, 0.6) is 0 Å². The number of hydrogen-bond donors (Lipinski definition) is 0. The smallest absolute Gasteiger partial charge is 0.152 e. The molecule has 2 atom stereocenters. The van der Waals surface area contributed by atoms with Gasteiger partial charge in [-0.25, -0.2) is 0 Å². The quantitative estimate of drug-likeness (QED) is 0.738. The summed E-state index contributed by atoms with van der Waals surface area (Å²) < 4.78 is 0. The Balaban J connectivity index is 2.12. The van der Waals surface area contributed by atoms with Gasteiger partial charge in [-0.1, -0.05) is 39.2 Å². The number of allylic oxidation sites excluding steroid dienone is 4. The highest BCUT2D eigenvalue weighted by Gasteiger charge is 2.61. The van der Waals surface area contributed by atoms with E-state index in [-0.39, 0.29) is 5.54 Å². The third-order valence-electron chi connectivity index (χ3n) is 5.54. The summed E-state index contributed by atoms with van der Waals surface area (Å²) in [6.07, 6.45) is 6.99. The number of carbonyl (C=O) groups excluding carboxylic acids is 1. The van der Waals surface area contributed by atoms with Crippen LogP contribution < -0.4 is 0 Å². The zero-order chi connectivity index (χ0) is 16.9. The van der Waals surface area contributed by atoms with E-state index in [0.29, 0.717) is 17.5 Å². The Morgan fingerprint density at radius 1 is 1.43 bits per heavy atom. The lowest BCUT2D eigenvalue weighted by Crippen LogP contribution is -2.55. The lowest BCUT2D eigenvalue weighted by atomic mass is 9.89. The molecule has 1 saturated carbocycles. The topological polar surface area (TPSA) is 23.6 Å². The molecule has 0 aromatic carbocycles. The second-order valence-electron chi connectivity index (χ2n) is 7.10. The molecule has 2 fully saturated rings. The fourth-order valence-corrected chi connectivity index (χ4v) is 4.49. The van der Waals surface area contributed by atoms with Crippen LogP contribution in [0.1, 0.15) is 33.6 Å². The predicted octanol–water partition coefficient (Wildman–Crippen LogP) is 3.79. The van der Waals surface area contributed by atoms with Gasteiger partial charge < -0.3 is 9.80 Å². The molecule has 1 aliphatic carbocycles. The zero-order valence-corrected chi connectivity index (χ0v) is 14.4. The van der Waals surface area contributed by atoms with Crippen molar-refractivity contribution in [3.8, 4) is 0 Å². The van der Waals surface area contributed by atoms with Crippen LogP contribution >= 0.6 is 0 Å². The molecule has 3 rings (SSSR count). The van der Waals surface area contributed by atoms with Crippen LogP contribution in [-0.4, -0.2) is 34.2 Å². The van der Waals surface area contributed by atoms with E-state index in [0.717, 1.165) is 35.4 Å². The minimum absolute atomic E-state index is 0.152. The lowest BCUT2D eigenvalue weighted by molar-refractivity contribution is -0.104. The summed E-state index contributed by atoms with van der Waals surface area (Å²) in [7, 11) is 0. The molecule has 0 bridgehead atoms. The molecular formula is C20H26N2O.